The Bertz CT molecular complexity index is 729. The van der Waals surface area contributed by atoms with Crippen molar-refractivity contribution in [2.24, 2.45) is 5.92 Å². The second-order valence-electron chi connectivity index (χ2n) is 6.68. The number of aliphatic hydroxyl groups excluding tert-OH is 1. The van der Waals surface area contributed by atoms with Gasteiger partial charge in [-0.25, -0.2) is 0 Å². The average Bonchev–Trinajstić information content (AvgIpc) is 2.75. The maximum Gasteiger partial charge on any atom is 0.143 e. The fraction of sp³-hybridized carbons (Fsp3) is 0.200. The van der Waals surface area contributed by atoms with Crippen molar-refractivity contribution >= 4 is 0 Å². The first-order valence-electron chi connectivity index (χ1n) is 9.35. The Morgan fingerprint density at radius 2 is 1.19 bits per heavy atom. The molecule has 0 aliphatic carbocycles. The maximum atomic E-state index is 9.05. The standard InChI is InChI=1S/C25H26O2/c1-21(12-11-19-26)20-27-25(22-13-5-2-6-14-22,23-15-7-3-8-16-23)24-17-9-4-10-18-24/h2-18,21,26H,19-20H2,1H3/b12-11+/t21-/m0/s1. The molecular formula is C25H26O2. The van der Waals surface area contributed by atoms with E-state index in [2.05, 4.69) is 79.7 Å². The summed E-state index contributed by atoms with van der Waals surface area (Å²) in [6.07, 6.45) is 3.76. The Kier molecular flexibility index (Phi) is 6.59. The number of ether oxygens (including phenoxy) is 1. The summed E-state index contributed by atoms with van der Waals surface area (Å²) in [6, 6.07) is 31.1. The third kappa shape index (κ3) is 4.36. The highest BCUT2D eigenvalue weighted by Crippen LogP contribution is 2.40. The summed E-state index contributed by atoms with van der Waals surface area (Å²) in [5.74, 6) is 0.188. The lowest BCUT2D eigenvalue weighted by Gasteiger charge is -2.36. The summed E-state index contributed by atoms with van der Waals surface area (Å²) in [7, 11) is 0. The summed E-state index contributed by atoms with van der Waals surface area (Å²) < 4.78 is 6.71. The molecular weight excluding hydrogens is 332 g/mol. The van der Waals surface area contributed by atoms with E-state index in [1.807, 2.05) is 24.3 Å². The molecule has 0 fully saturated rings. The van der Waals surface area contributed by atoms with Crippen molar-refractivity contribution in [1.82, 2.24) is 0 Å². The highest BCUT2D eigenvalue weighted by molar-refractivity contribution is 5.47. The van der Waals surface area contributed by atoms with E-state index in [0.717, 1.165) is 16.7 Å². The molecule has 0 saturated carbocycles. The number of benzene rings is 3. The molecule has 2 nitrogen and oxygen atoms in total. The molecule has 2 heteroatoms. The number of rotatable bonds is 8. The van der Waals surface area contributed by atoms with Crippen molar-refractivity contribution in [1.29, 1.82) is 0 Å². The lowest BCUT2D eigenvalue weighted by molar-refractivity contribution is 0.00178. The van der Waals surface area contributed by atoms with E-state index in [4.69, 9.17) is 9.84 Å². The summed E-state index contributed by atoms with van der Waals surface area (Å²) in [5, 5.41) is 9.05. The predicted octanol–water partition coefficient (Wildman–Crippen LogP) is 5.18. The van der Waals surface area contributed by atoms with Gasteiger partial charge < -0.3 is 9.84 Å². The van der Waals surface area contributed by atoms with Crippen LogP contribution < -0.4 is 0 Å². The van der Waals surface area contributed by atoms with Crippen LogP contribution in [0.1, 0.15) is 23.6 Å². The van der Waals surface area contributed by atoms with Crippen LogP contribution in [-0.2, 0) is 10.3 Å². The largest absolute Gasteiger partial charge is 0.392 e. The van der Waals surface area contributed by atoms with Gasteiger partial charge in [0.05, 0.1) is 13.2 Å². The Morgan fingerprint density at radius 3 is 1.56 bits per heavy atom. The maximum absolute atomic E-state index is 9.05. The molecule has 0 spiro atoms. The second-order valence-corrected chi connectivity index (χ2v) is 6.68. The Balaban J connectivity index is 2.12. The van der Waals surface area contributed by atoms with Gasteiger partial charge in [-0.3, -0.25) is 0 Å². The molecule has 1 N–H and O–H groups in total. The van der Waals surface area contributed by atoms with Gasteiger partial charge in [0.15, 0.2) is 0 Å². The van der Waals surface area contributed by atoms with E-state index in [1.165, 1.54) is 0 Å². The molecule has 138 valence electrons. The molecule has 0 bridgehead atoms. The lowest BCUT2D eigenvalue weighted by atomic mass is 9.80. The zero-order valence-corrected chi connectivity index (χ0v) is 15.7. The van der Waals surface area contributed by atoms with Crippen molar-refractivity contribution in [3.05, 3.63) is 120 Å². The number of hydrogen-bond acceptors (Lipinski definition) is 2. The van der Waals surface area contributed by atoms with Gasteiger partial charge in [-0.2, -0.15) is 0 Å². The monoisotopic (exact) mass is 358 g/mol. The van der Waals surface area contributed by atoms with Crippen LogP contribution in [0.5, 0.6) is 0 Å². The van der Waals surface area contributed by atoms with Crippen LogP contribution in [0.25, 0.3) is 0 Å². The number of hydrogen-bond donors (Lipinski definition) is 1. The molecule has 3 aromatic rings. The molecule has 0 radical (unpaired) electrons. The van der Waals surface area contributed by atoms with Crippen LogP contribution in [0, 0.1) is 5.92 Å². The molecule has 3 rings (SSSR count). The van der Waals surface area contributed by atoms with E-state index < -0.39 is 5.60 Å². The van der Waals surface area contributed by atoms with Crippen molar-refractivity contribution in [3.8, 4) is 0 Å². The van der Waals surface area contributed by atoms with Crippen molar-refractivity contribution < 1.29 is 9.84 Å². The molecule has 0 amide bonds. The summed E-state index contributed by atoms with van der Waals surface area (Å²) in [5.41, 5.74) is 2.60. The minimum atomic E-state index is -0.689. The van der Waals surface area contributed by atoms with Gasteiger partial charge in [0.2, 0.25) is 0 Å². The van der Waals surface area contributed by atoms with Crippen LogP contribution in [0.4, 0.5) is 0 Å². The first kappa shape index (κ1) is 19.1. The van der Waals surface area contributed by atoms with Gasteiger partial charge >= 0.3 is 0 Å². The molecule has 0 aliphatic heterocycles. The van der Waals surface area contributed by atoms with E-state index in [9.17, 15) is 0 Å². The molecule has 3 aromatic carbocycles. The Labute approximate surface area is 161 Å². The molecule has 0 heterocycles. The van der Waals surface area contributed by atoms with Crippen molar-refractivity contribution in [3.63, 3.8) is 0 Å². The third-order valence-corrected chi connectivity index (χ3v) is 4.67. The van der Waals surface area contributed by atoms with E-state index in [1.54, 1.807) is 6.08 Å². The summed E-state index contributed by atoms with van der Waals surface area (Å²) in [4.78, 5) is 0. The first-order valence-corrected chi connectivity index (χ1v) is 9.35. The Hall–Kier alpha value is -2.68. The fourth-order valence-electron chi connectivity index (χ4n) is 3.37. The molecule has 0 aromatic heterocycles. The lowest BCUT2D eigenvalue weighted by Crippen LogP contribution is -2.34. The van der Waals surface area contributed by atoms with Gasteiger partial charge in [-0.1, -0.05) is 110 Å². The van der Waals surface area contributed by atoms with Crippen molar-refractivity contribution in [2.45, 2.75) is 12.5 Å². The molecule has 27 heavy (non-hydrogen) atoms. The third-order valence-electron chi connectivity index (χ3n) is 4.67. The van der Waals surface area contributed by atoms with E-state index >= 15 is 0 Å². The van der Waals surface area contributed by atoms with Gasteiger partial charge in [0.25, 0.3) is 0 Å². The SMILES string of the molecule is C[C@@H](/C=C/CO)COC(c1ccccc1)(c1ccccc1)c1ccccc1. The highest BCUT2D eigenvalue weighted by atomic mass is 16.5. The first-order chi connectivity index (χ1) is 13.3. The van der Waals surface area contributed by atoms with Crippen LogP contribution in [0.3, 0.4) is 0 Å². The highest BCUT2D eigenvalue weighted by Gasteiger charge is 2.37. The van der Waals surface area contributed by atoms with Gasteiger partial charge in [0.1, 0.15) is 5.60 Å². The van der Waals surface area contributed by atoms with Crippen LogP contribution >= 0.6 is 0 Å². The molecule has 0 saturated heterocycles. The quantitative estimate of drug-likeness (QED) is 0.444. The Morgan fingerprint density at radius 1 is 0.778 bits per heavy atom. The summed E-state index contributed by atoms with van der Waals surface area (Å²) >= 11 is 0. The van der Waals surface area contributed by atoms with E-state index in [0.29, 0.717) is 6.61 Å². The van der Waals surface area contributed by atoms with Crippen LogP contribution in [0.15, 0.2) is 103 Å². The predicted molar refractivity (Wildman–Crippen MR) is 111 cm³/mol. The minimum absolute atomic E-state index is 0.0472. The van der Waals surface area contributed by atoms with Crippen LogP contribution in [0.2, 0.25) is 0 Å². The number of aliphatic hydroxyl groups is 1. The zero-order chi connectivity index (χ0) is 19.0. The van der Waals surface area contributed by atoms with Gasteiger partial charge in [-0.15, -0.1) is 0 Å². The normalized spacial score (nSPS) is 13.0. The molecule has 0 unspecified atom stereocenters. The van der Waals surface area contributed by atoms with Gasteiger partial charge in [-0.05, 0) is 22.6 Å². The smallest absolute Gasteiger partial charge is 0.143 e. The summed E-state index contributed by atoms with van der Waals surface area (Å²) in [6.45, 7) is 2.68. The average molecular weight is 358 g/mol. The van der Waals surface area contributed by atoms with Gasteiger partial charge in [0, 0.05) is 0 Å². The fourth-order valence-corrected chi connectivity index (χ4v) is 3.37. The molecule has 1 atom stereocenters. The second kappa shape index (κ2) is 9.31. The van der Waals surface area contributed by atoms with E-state index in [-0.39, 0.29) is 12.5 Å². The van der Waals surface area contributed by atoms with Crippen molar-refractivity contribution in [2.75, 3.05) is 13.2 Å². The van der Waals surface area contributed by atoms with Crippen LogP contribution in [-0.4, -0.2) is 18.3 Å². The topological polar surface area (TPSA) is 29.5 Å². The zero-order valence-electron chi connectivity index (χ0n) is 15.7. The molecule has 0 aliphatic rings. The minimum Gasteiger partial charge on any atom is -0.392 e.